The molecule has 4 aromatic rings. The van der Waals surface area contributed by atoms with Crippen molar-refractivity contribution in [2.24, 2.45) is 0 Å². The summed E-state index contributed by atoms with van der Waals surface area (Å²) in [5.74, 6) is 0.307. The van der Waals surface area contributed by atoms with Gasteiger partial charge in [-0.2, -0.15) is 8.42 Å². The Kier molecular flexibility index (Phi) is 3.47. The van der Waals surface area contributed by atoms with Gasteiger partial charge in [0, 0.05) is 0 Å². The highest BCUT2D eigenvalue weighted by molar-refractivity contribution is 7.87. The van der Waals surface area contributed by atoms with E-state index in [1.54, 1.807) is 30.3 Å². The van der Waals surface area contributed by atoms with Gasteiger partial charge in [-0.15, -0.1) is 0 Å². The number of benzene rings is 4. The van der Waals surface area contributed by atoms with Gasteiger partial charge in [-0.1, -0.05) is 60.7 Å². The molecule has 0 saturated carbocycles. The van der Waals surface area contributed by atoms with Gasteiger partial charge in [0.25, 0.3) is 0 Å². The first-order valence-corrected chi connectivity index (χ1v) is 8.95. The summed E-state index contributed by atoms with van der Waals surface area (Å²) in [6.07, 6.45) is 0. The number of hydrogen-bond acceptors (Lipinski definition) is 3. The molecule has 0 aliphatic rings. The normalized spacial score (nSPS) is 11.7. The summed E-state index contributed by atoms with van der Waals surface area (Å²) in [4.78, 5) is 0.148. The van der Waals surface area contributed by atoms with Crippen LogP contribution in [0.4, 0.5) is 0 Å². The van der Waals surface area contributed by atoms with Crippen molar-refractivity contribution in [3.8, 4) is 5.75 Å². The smallest absolute Gasteiger partial charge is 0.339 e. The maximum Gasteiger partial charge on any atom is 0.339 e. The quantitative estimate of drug-likeness (QED) is 0.507. The number of hydrogen-bond donors (Lipinski definition) is 0. The summed E-state index contributed by atoms with van der Waals surface area (Å²) in [5.41, 5.74) is 0. The molecule has 24 heavy (non-hydrogen) atoms. The lowest BCUT2D eigenvalue weighted by Crippen LogP contribution is -2.09. The first-order valence-electron chi connectivity index (χ1n) is 7.54. The van der Waals surface area contributed by atoms with Crippen LogP contribution in [0.2, 0.25) is 0 Å². The van der Waals surface area contributed by atoms with Crippen molar-refractivity contribution in [3.63, 3.8) is 0 Å². The topological polar surface area (TPSA) is 43.4 Å². The molecule has 0 aliphatic heterocycles. The molecule has 0 unspecified atom stereocenters. The fourth-order valence-electron chi connectivity index (χ4n) is 2.72. The largest absolute Gasteiger partial charge is 0.379 e. The highest BCUT2D eigenvalue weighted by Crippen LogP contribution is 2.25. The molecule has 3 nitrogen and oxygen atoms in total. The average Bonchev–Trinajstić information content (AvgIpc) is 2.61. The van der Waals surface area contributed by atoms with Gasteiger partial charge in [0.2, 0.25) is 0 Å². The summed E-state index contributed by atoms with van der Waals surface area (Å²) < 4.78 is 30.4. The minimum absolute atomic E-state index is 0.148. The lowest BCUT2D eigenvalue weighted by atomic mass is 10.1. The molecule has 4 rings (SSSR count). The second-order valence-electron chi connectivity index (χ2n) is 5.56. The molecule has 0 amide bonds. The van der Waals surface area contributed by atoms with Crippen molar-refractivity contribution < 1.29 is 12.6 Å². The van der Waals surface area contributed by atoms with E-state index < -0.39 is 10.1 Å². The highest BCUT2D eigenvalue weighted by Gasteiger charge is 2.17. The van der Waals surface area contributed by atoms with Crippen molar-refractivity contribution in [2.75, 3.05) is 0 Å². The second kappa shape index (κ2) is 5.65. The Labute approximate surface area is 140 Å². The molecule has 0 radical (unpaired) electrons. The van der Waals surface area contributed by atoms with E-state index in [2.05, 4.69) is 0 Å². The van der Waals surface area contributed by atoms with Crippen molar-refractivity contribution in [3.05, 3.63) is 84.9 Å². The van der Waals surface area contributed by atoms with E-state index in [1.165, 1.54) is 0 Å². The fraction of sp³-hybridized carbons (Fsp3) is 0. The Morgan fingerprint density at radius 1 is 0.583 bits per heavy atom. The Balaban J connectivity index is 1.72. The molecule has 0 saturated heterocycles. The Bertz CT molecular complexity index is 1150. The molecule has 4 aromatic carbocycles. The van der Waals surface area contributed by atoms with E-state index in [0.717, 1.165) is 21.5 Å². The summed E-state index contributed by atoms with van der Waals surface area (Å²) in [5, 5.41) is 3.82. The van der Waals surface area contributed by atoms with Crippen LogP contribution in [0.1, 0.15) is 0 Å². The minimum Gasteiger partial charge on any atom is -0.379 e. The summed E-state index contributed by atoms with van der Waals surface area (Å²) in [6, 6.07) is 25.6. The van der Waals surface area contributed by atoms with Crippen LogP contribution in [0, 0.1) is 0 Å². The lowest BCUT2D eigenvalue weighted by molar-refractivity contribution is 0.486. The molecule has 0 spiro atoms. The third-order valence-corrected chi connectivity index (χ3v) is 5.18. The van der Waals surface area contributed by atoms with E-state index >= 15 is 0 Å². The van der Waals surface area contributed by atoms with E-state index in [0.29, 0.717) is 5.75 Å². The maximum absolute atomic E-state index is 12.6. The van der Waals surface area contributed by atoms with Crippen LogP contribution in [0.5, 0.6) is 5.75 Å². The molecule has 0 bridgehead atoms. The fourth-order valence-corrected chi connectivity index (χ4v) is 3.68. The molecule has 0 heterocycles. The average molecular weight is 334 g/mol. The van der Waals surface area contributed by atoms with Gasteiger partial charge in [-0.3, -0.25) is 0 Å². The predicted molar refractivity (Wildman–Crippen MR) is 95.7 cm³/mol. The first kappa shape index (κ1) is 14.7. The Hall–Kier alpha value is -2.85. The predicted octanol–water partition coefficient (Wildman–Crippen LogP) is 4.76. The number of fused-ring (bicyclic) bond motifs is 2. The molecule has 0 aliphatic carbocycles. The monoisotopic (exact) mass is 334 g/mol. The van der Waals surface area contributed by atoms with Crippen LogP contribution in [-0.2, 0) is 10.1 Å². The van der Waals surface area contributed by atoms with Gasteiger partial charge in [-0.05, 0) is 45.8 Å². The molecule has 118 valence electrons. The molecule has 4 heteroatoms. The molecule has 0 N–H and O–H groups in total. The SMILES string of the molecule is O=S(=O)(Oc1ccc2ccccc2c1)c1ccc2ccccc2c1. The zero-order valence-electron chi connectivity index (χ0n) is 12.7. The Morgan fingerprint density at radius 3 is 1.79 bits per heavy atom. The molecular formula is C20H14O3S. The van der Waals surface area contributed by atoms with E-state index in [9.17, 15) is 8.42 Å². The van der Waals surface area contributed by atoms with Crippen molar-refractivity contribution in [2.45, 2.75) is 4.90 Å². The van der Waals surface area contributed by atoms with Crippen LogP contribution < -0.4 is 4.18 Å². The maximum atomic E-state index is 12.6. The van der Waals surface area contributed by atoms with Crippen molar-refractivity contribution >= 4 is 31.7 Å². The molecular weight excluding hydrogens is 320 g/mol. The Morgan fingerprint density at radius 2 is 1.12 bits per heavy atom. The summed E-state index contributed by atoms with van der Waals surface area (Å²) in [7, 11) is -3.87. The second-order valence-corrected chi connectivity index (χ2v) is 7.10. The first-order chi connectivity index (χ1) is 11.6. The summed E-state index contributed by atoms with van der Waals surface area (Å²) >= 11 is 0. The van der Waals surface area contributed by atoms with E-state index in [4.69, 9.17) is 4.18 Å². The van der Waals surface area contributed by atoms with Crippen LogP contribution in [0.15, 0.2) is 89.8 Å². The van der Waals surface area contributed by atoms with Crippen molar-refractivity contribution in [1.82, 2.24) is 0 Å². The third-order valence-electron chi connectivity index (χ3n) is 3.94. The van der Waals surface area contributed by atoms with Gasteiger partial charge in [0.1, 0.15) is 10.6 Å². The van der Waals surface area contributed by atoms with Crippen LogP contribution in [0.3, 0.4) is 0 Å². The number of rotatable bonds is 3. The van der Waals surface area contributed by atoms with Gasteiger partial charge in [0.05, 0.1) is 0 Å². The van der Waals surface area contributed by atoms with E-state index in [-0.39, 0.29) is 4.90 Å². The van der Waals surface area contributed by atoms with Crippen molar-refractivity contribution in [1.29, 1.82) is 0 Å². The zero-order chi connectivity index (χ0) is 16.6. The van der Waals surface area contributed by atoms with Gasteiger partial charge in [-0.25, -0.2) is 0 Å². The zero-order valence-corrected chi connectivity index (χ0v) is 13.5. The van der Waals surface area contributed by atoms with Crippen LogP contribution in [0.25, 0.3) is 21.5 Å². The van der Waals surface area contributed by atoms with Crippen LogP contribution in [-0.4, -0.2) is 8.42 Å². The standard InChI is InChI=1S/C20H14O3S/c21-24(22,20-12-10-16-6-2-4-8-18(16)14-20)23-19-11-9-15-5-1-3-7-17(15)13-19/h1-14H. The molecule has 0 aromatic heterocycles. The minimum atomic E-state index is -3.87. The molecule has 0 atom stereocenters. The van der Waals surface area contributed by atoms with Crippen LogP contribution >= 0.6 is 0 Å². The van der Waals surface area contributed by atoms with Gasteiger partial charge in [0.15, 0.2) is 0 Å². The summed E-state index contributed by atoms with van der Waals surface area (Å²) in [6.45, 7) is 0. The van der Waals surface area contributed by atoms with Gasteiger partial charge < -0.3 is 4.18 Å². The third kappa shape index (κ3) is 2.72. The lowest BCUT2D eigenvalue weighted by Gasteiger charge is -2.09. The highest BCUT2D eigenvalue weighted by atomic mass is 32.2. The van der Waals surface area contributed by atoms with E-state index in [1.807, 2.05) is 54.6 Å². The molecule has 0 fully saturated rings. The van der Waals surface area contributed by atoms with Gasteiger partial charge >= 0.3 is 10.1 Å².